The normalized spacial score (nSPS) is 15.2. The third-order valence-electron chi connectivity index (χ3n) is 3.32. The predicted molar refractivity (Wildman–Crippen MR) is 80.9 cm³/mol. The number of fused-ring (bicyclic) bond motifs is 1. The second-order valence-electron chi connectivity index (χ2n) is 5.66. The van der Waals surface area contributed by atoms with Gasteiger partial charge < -0.3 is 9.47 Å². The van der Waals surface area contributed by atoms with Crippen molar-refractivity contribution in [1.29, 1.82) is 0 Å². The Morgan fingerprint density at radius 1 is 1.14 bits per heavy atom. The van der Waals surface area contributed by atoms with Crippen LogP contribution in [0.25, 0.3) is 6.08 Å². The zero-order chi connectivity index (χ0) is 14.9. The van der Waals surface area contributed by atoms with E-state index in [1.807, 2.05) is 44.2 Å². The molecule has 1 aliphatic heterocycles. The highest BCUT2D eigenvalue weighted by Crippen LogP contribution is 2.33. The van der Waals surface area contributed by atoms with Crippen LogP contribution in [0.4, 0.5) is 4.39 Å². The molecule has 21 heavy (non-hydrogen) atoms. The summed E-state index contributed by atoms with van der Waals surface area (Å²) in [7, 11) is 0. The minimum Gasteiger partial charge on any atom is -0.489 e. The van der Waals surface area contributed by atoms with Gasteiger partial charge in [0.15, 0.2) is 0 Å². The number of hydrogen-bond donors (Lipinski definition) is 0. The fraction of sp³-hybridized carbons (Fsp3) is 0.222. The highest BCUT2D eigenvalue weighted by Gasteiger charge is 2.21. The lowest BCUT2D eigenvalue weighted by atomic mass is 10.0. The lowest BCUT2D eigenvalue weighted by molar-refractivity contribution is 0.158. The van der Waals surface area contributed by atoms with Gasteiger partial charge in [0.05, 0.1) is 0 Å². The Balaban J connectivity index is 1.74. The quantitative estimate of drug-likeness (QED) is 0.820. The summed E-state index contributed by atoms with van der Waals surface area (Å²) >= 11 is 0. The maximum atomic E-state index is 13.1. The number of rotatable bonds is 3. The molecule has 2 aromatic rings. The molecule has 2 nitrogen and oxygen atoms in total. The van der Waals surface area contributed by atoms with Gasteiger partial charge in [-0.05, 0) is 49.8 Å². The van der Waals surface area contributed by atoms with E-state index in [-0.39, 0.29) is 11.4 Å². The molecule has 0 fully saturated rings. The Morgan fingerprint density at radius 2 is 2.00 bits per heavy atom. The van der Waals surface area contributed by atoms with Crippen LogP contribution in [0.2, 0.25) is 0 Å². The van der Waals surface area contributed by atoms with Gasteiger partial charge in [-0.1, -0.05) is 18.2 Å². The minimum atomic E-state index is -0.311. The number of halogens is 1. The molecule has 3 heteroatoms. The van der Waals surface area contributed by atoms with E-state index >= 15 is 0 Å². The zero-order valence-corrected chi connectivity index (χ0v) is 12.1. The van der Waals surface area contributed by atoms with E-state index in [1.165, 1.54) is 12.1 Å². The molecule has 1 aliphatic rings. The second-order valence-corrected chi connectivity index (χ2v) is 5.66. The SMILES string of the molecule is CC1(C)C=Cc2ccc(OCc3cccc(F)c3)cc2O1. The summed E-state index contributed by atoms with van der Waals surface area (Å²) in [4.78, 5) is 0. The van der Waals surface area contributed by atoms with Crippen LogP contribution in [0.5, 0.6) is 11.5 Å². The molecule has 0 N–H and O–H groups in total. The van der Waals surface area contributed by atoms with Gasteiger partial charge in [0.2, 0.25) is 0 Å². The van der Waals surface area contributed by atoms with E-state index in [2.05, 4.69) is 6.08 Å². The van der Waals surface area contributed by atoms with E-state index in [1.54, 1.807) is 6.07 Å². The molecule has 0 spiro atoms. The summed E-state index contributed by atoms with van der Waals surface area (Å²) in [5, 5.41) is 0. The third-order valence-corrected chi connectivity index (χ3v) is 3.32. The van der Waals surface area contributed by atoms with Crippen LogP contribution in [0, 0.1) is 5.82 Å². The third kappa shape index (κ3) is 3.24. The second kappa shape index (κ2) is 5.24. The van der Waals surface area contributed by atoms with Gasteiger partial charge >= 0.3 is 0 Å². The first kappa shape index (κ1) is 13.7. The van der Waals surface area contributed by atoms with Crippen molar-refractivity contribution in [3.05, 3.63) is 65.5 Å². The van der Waals surface area contributed by atoms with E-state index in [4.69, 9.17) is 9.47 Å². The fourth-order valence-electron chi connectivity index (χ4n) is 2.23. The van der Waals surface area contributed by atoms with Crippen molar-refractivity contribution in [2.45, 2.75) is 26.1 Å². The maximum absolute atomic E-state index is 13.1. The average Bonchev–Trinajstić information content (AvgIpc) is 2.44. The van der Waals surface area contributed by atoms with Gasteiger partial charge in [-0.2, -0.15) is 0 Å². The molecule has 0 aliphatic carbocycles. The smallest absolute Gasteiger partial charge is 0.131 e. The molecule has 0 bridgehead atoms. The molecule has 3 rings (SSSR count). The van der Waals surface area contributed by atoms with Crippen molar-refractivity contribution in [1.82, 2.24) is 0 Å². The van der Waals surface area contributed by atoms with Crippen molar-refractivity contribution >= 4 is 6.08 Å². The first-order valence-electron chi connectivity index (χ1n) is 6.91. The van der Waals surface area contributed by atoms with Crippen LogP contribution >= 0.6 is 0 Å². The molecule has 0 saturated heterocycles. The summed E-state index contributed by atoms with van der Waals surface area (Å²) in [5.74, 6) is 1.26. The topological polar surface area (TPSA) is 18.5 Å². The first-order chi connectivity index (χ1) is 10.0. The molecule has 0 atom stereocenters. The molecule has 108 valence electrons. The van der Waals surface area contributed by atoms with Crippen molar-refractivity contribution in [2.75, 3.05) is 0 Å². The van der Waals surface area contributed by atoms with Crippen LogP contribution in [0.1, 0.15) is 25.0 Å². The number of benzene rings is 2. The summed E-state index contributed by atoms with van der Waals surface area (Å²) in [6.45, 7) is 4.34. The monoisotopic (exact) mass is 284 g/mol. The Hall–Kier alpha value is -2.29. The summed E-state index contributed by atoms with van der Waals surface area (Å²) in [5.41, 5.74) is 1.52. The van der Waals surface area contributed by atoms with Crippen LogP contribution in [0.15, 0.2) is 48.5 Å². The highest BCUT2D eigenvalue weighted by atomic mass is 19.1. The van der Waals surface area contributed by atoms with Crippen molar-refractivity contribution in [3.8, 4) is 11.5 Å². The van der Waals surface area contributed by atoms with Gasteiger partial charge in [-0.3, -0.25) is 0 Å². The van der Waals surface area contributed by atoms with E-state index in [0.29, 0.717) is 12.4 Å². The largest absolute Gasteiger partial charge is 0.489 e. The van der Waals surface area contributed by atoms with Gasteiger partial charge in [0, 0.05) is 11.6 Å². The van der Waals surface area contributed by atoms with Crippen molar-refractivity contribution in [2.24, 2.45) is 0 Å². The van der Waals surface area contributed by atoms with Gasteiger partial charge in [-0.25, -0.2) is 4.39 Å². The summed E-state index contributed by atoms with van der Waals surface area (Å²) < 4.78 is 24.7. The molecule has 0 amide bonds. The standard InChI is InChI=1S/C18H17FO2/c1-18(2)9-8-14-6-7-16(11-17(14)21-18)20-12-13-4-3-5-15(19)10-13/h3-11H,12H2,1-2H3. The van der Waals surface area contributed by atoms with E-state index in [9.17, 15) is 4.39 Å². The highest BCUT2D eigenvalue weighted by molar-refractivity contribution is 5.62. The molecule has 0 radical (unpaired) electrons. The van der Waals surface area contributed by atoms with Crippen molar-refractivity contribution in [3.63, 3.8) is 0 Å². The molecule has 2 aromatic carbocycles. The fourth-order valence-corrected chi connectivity index (χ4v) is 2.23. The Bertz CT molecular complexity index is 689. The molecular weight excluding hydrogens is 267 g/mol. The molecule has 1 heterocycles. The lowest BCUT2D eigenvalue weighted by Gasteiger charge is -2.28. The molecule has 0 aromatic heterocycles. The molecule has 0 saturated carbocycles. The molecular formula is C18H17FO2. The van der Waals surface area contributed by atoms with Crippen LogP contribution in [-0.4, -0.2) is 5.60 Å². The Morgan fingerprint density at radius 3 is 2.81 bits per heavy atom. The lowest BCUT2D eigenvalue weighted by Crippen LogP contribution is -2.27. The summed E-state index contributed by atoms with van der Waals surface area (Å²) in [6, 6.07) is 12.1. The summed E-state index contributed by atoms with van der Waals surface area (Å²) in [6.07, 6.45) is 4.08. The van der Waals surface area contributed by atoms with Crippen LogP contribution < -0.4 is 9.47 Å². The first-order valence-corrected chi connectivity index (χ1v) is 6.91. The Kier molecular flexibility index (Phi) is 3.42. The van der Waals surface area contributed by atoms with Crippen LogP contribution in [0.3, 0.4) is 0 Å². The van der Waals surface area contributed by atoms with Gasteiger partial charge in [0.1, 0.15) is 29.5 Å². The van der Waals surface area contributed by atoms with E-state index < -0.39 is 0 Å². The van der Waals surface area contributed by atoms with Gasteiger partial charge in [0.25, 0.3) is 0 Å². The van der Waals surface area contributed by atoms with E-state index in [0.717, 1.165) is 16.9 Å². The Labute approximate surface area is 123 Å². The zero-order valence-electron chi connectivity index (χ0n) is 12.1. The average molecular weight is 284 g/mol. The maximum Gasteiger partial charge on any atom is 0.131 e. The number of hydrogen-bond acceptors (Lipinski definition) is 2. The van der Waals surface area contributed by atoms with Crippen LogP contribution in [-0.2, 0) is 6.61 Å². The minimum absolute atomic E-state index is 0.253. The predicted octanol–water partition coefficient (Wildman–Crippen LogP) is 4.59. The van der Waals surface area contributed by atoms with Gasteiger partial charge in [-0.15, -0.1) is 0 Å². The molecule has 0 unspecified atom stereocenters. The van der Waals surface area contributed by atoms with Crippen molar-refractivity contribution < 1.29 is 13.9 Å². The number of ether oxygens (including phenoxy) is 2.